The van der Waals surface area contributed by atoms with Crippen molar-refractivity contribution in [3.8, 4) is 0 Å². The zero-order valence-corrected chi connectivity index (χ0v) is 11.7. The standard InChI is InChI=1S/C11H16F3N3O2S/c12-11(13,14)7-15-1-3-16(4-2-15)9(18)5-17-8-20-6-10(17)19/h1-8H2. The van der Waals surface area contributed by atoms with Crippen molar-refractivity contribution in [3.63, 3.8) is 0 Å². The topological polar surface area (TPSA) is 43.9 Å². The van der Waals surface area contributed by atoms with Crippen LogP contribution in [0, 0.1) is 0 Å². The third kappa shape index (κ3) is 4.27. The summed E-state index contributed by atoms with van der Waals surface area (Å²) in [6, 6.07) is 0. The van der Waals surface area contributed by atoms with E-state index in [4.69, 9.17) is 0 Å². The Bertz CT molecular complexity index is 384. The molecule has 0 N–H and O–H groups in total. The minimum absolute atomic E-state index is 0.0328. The minimum Gasteiger partial charge on any atom is -0.339 e. The highest BCUT2D eigenvalue weighted by Crippen LogP contribution is 2.18. The van der Waals surface area contributed by atoms with Crippen LogP contribution in [0.3, 0.4) is 0 Å². The Labute approximate surface area is 119 Å². The van der Waals surface area contributed by atoms with E-state index in [0.717, 1.165) is 0 Å². The van der Waals surface area contributed by atoms with Crippen LogP contribution in [0.1, 0.15) is 0 Å². The van der Waals surface area contributed by atoms with Gasteiger partial charge in [-0.15, -0.1) is 11.8 Å². The maximum absolute atomic E-state index is 12.2. The summed E-state index contributed by atoms with van der Waals surface area (Å²) in [5.41, 5.74) is 0. The predicted octanol–water partition coefficient (Wildman–Crippen LogP) is 0.226. The number of amides is 2. The molecule has 0 spiro atoms. The quantitative estimate of drug-likeness (QED) is 0.748. The van der Waals surface area contributed by atoms with Gasteiger partial charge in [0.15, 0.2) is 0 Å². The molecule has 0 unspecified atom stereocenters. The van der Waals surface area contributed by atoms with Gasteiger partial charge in [-0.2, -0.15) is 13.2 Å². The van der Waals surface area contributed by atoms with E-state index in [9.17, 15) is 22.8 Å². The molecule has 2 fully saturated rings. The summed E-state index contributed by atoms with van der Waals surface area (Å²) < 4.78 is 36.7. The van der Waals surface area contributed by atoms with E-state index in [-0.39, 0.29) is 44.5 Å². The highest BCUT2D eigenvalue weighted by molar-refractivity contribution is 8.00. The molecule has 2 aliphatic heterocycles. The van der Waals surface area contributed by atoms with E-state index in [0.29, 0.717) is 11.6 Å². The van der Waals surface area contributed by atoms with E-state index < -0.39 is 12.7 Å². The van der Waals surface area contributed by atoms with Crippen LogP contribution in [-0.4, -0.2) is 83.6 Å². The van der Waals surface area contributed by atoms with Crippen molar-refractivity contribution in [2.45, 2.75) is 6.18 Å². The maximum Gasteiger partial charge on any atom is 0.401 e. The lowest BCUT2D eigenvalue weighted by atomic mass is 10.3. The normalized spacial score (nSPS) is 21.6. The second kappa shape index (κ2) is 6.21. The summed E-state index contributed by atoms with van der Waals surface area (Å²) in [6.45, 7) is 0.0947. The van der Waals surface area contributed by atoms with Gasteiger partial charge in [0, 0.05) is 26.2 Å². The Balaban J connectivity index is 1.75. The molecule has 5 nitrogen and oxygen atoms in total. The van der Waals surface area contributed by atoms with Crippen molar-refractivity contribution >= 4 is 23.6 Å². The van der Waals surface area contributed by atoms with Crippen molar-refractivity contribution in [1.29, 1.82) is 0 Å². The molecule has 0 bridgehead atoms. The third-order valence-electron chi connectivity index (χ3n) is 3.28. The molecule has 2 rings (SSSR count). The number of piperazine rings is 1. The van der Waals surface area contributed by atoms with Crippen molar-refractivity contribution in [1.82, 2.24) is 14.7 Å². The first-order valence-electron chi connectivity index (χ1n) is 6.27. The number of rotatable bonds is 3. The van der Waals surface area contributed by atoms with E-state index in [1.807, 2.05) is 0 Å². The lowest BCUT2D eigenvalue weighted by Crippen LogP contribution is -2.52. The van der Waals surface area contributed by atoms with Gasteiger partial charge >= 0.3 is 6.18 Å². The van der Waals surface area contributed by atoms with Crippen molar-refractivity contribution in [3.05, 3.63) is 0 Å². The highest BCUT2D eigenvalue weighted by atomic mass is 32.2. The molecule has 2 heterocycles. The molecule has 0 aromatic heterocycles. The largest absolute Gasteiger partial charge is 0.401 e. The summed E-state index contributed by atoms with van der Waals surface area (Å²) in [7, 11) is 0. The number of nitrogens with zero attached hydrogens (tertiary/aromatic N) is 3. The van der Waals surface area contributed by atoms with Crippen LogP contribution < -0.4 is 0 Å². The molecule has 114 valence electrons. The summed E-state index contributed by atoms with van der Waals surface area (Å²) in [6.07, 6.45) is -4.20. The zero-order chi connectivity index (χ0) is 14.8. The molecule has 0 aromatic rings. The van der Waals surface area contributed by atoms with Gasteiger partial charge in [-0.25, -0.2) is 0 Å². The zero-order valence-electron chi connectivity index (χ0n) is 10.9. The number of carbonyl (C=O) groups is 2. The first-order chi connectivity index (χ1) is 9.35. The fraction of sp³-hybridized carbons (Fsp3) is 0.818. The van der Waals surface area contributed by atoms with Crippen LogP contribution in [0.5, 0.6) is 0 Å². The van der Waals surface area contributed by atoms with E-state index in [1.54, 1.807) is 0 Å². The number of halogens is 3. The Morgan fingerprint density at radius 3 is 2.35 bits per heavy atom. The van der Waals surface area contributed by atoms with Gasteiger partial charge in [0.25, 0.3) is 0 Å². The molecular formula is C11H16F3N3O2S. The SMILES string of the molecule is O=C(CN1CSCC1=O)N1CCN(CC(F)(F)F)CC1. The Kier molecular flexibility index (Phi) is 4.79. The van der Waals surface area contributed by atoms with E-state index >= 15 is 0 Å². The highest BCUT2D eigenvalue weighted by Gasteiger charge is 2.33. The van der Waals surface area contributed by atoms with E-state index in [1.165, 1.54) is 26.5 Å². The van der Waals surface area contributed by atoms with Crippen molar-refractivity contribution < 1.29 is 22.8 Å². The molecule has 2 aliphatic rings. The van der Waals surface area contributed by atoms with Crippen molar-refractivity contribution in [2.24, 2.45) is 0 Å². The molecule has 0 atom stereocenters. The smallest absolute Gasteiger partial charge is 0.339 e. The molecule has 2 saturated heterocycles. The summed E-state index contributed by atoms with van der Waals surface area (Å²) in [4.78, 5) is 27.7. The van der Waals surface area contributed by atoms with E-state index in [2.05, 4.69) is 0 Å². The molecule has 9 heteroatoms. The fourth-order valence-electron chi connectivity index (χ4n) is 2.21. The second-order valence-electron chi connectivity index (χ2n) is 4.84. The molecule has 2 amide bonds. The van der Waals surface area contributed by atoms with Crippen LogP contribution in [0.2, 0.25) is 0 Å². The molecule has 0 saturated carbocycles. The maximum atomic E-state index is 12.2. The Hall–Kier alpha value is -0.960. The van der Waals surface area contributed by atoms with Gasteiger partial charge in [0.2, 0.25) is 11.8 Å². The third-order valence-corrected chi connectivity index (χ3v) is 4.22. The first kappa shape index (κ1) is 15.4. The average Bonchev–Trinajstić information content (AvgIpc) is 2.74. The van der Waals surface area contributed by atoms with Gasteiger partial charge < -0.3 is 9.80 Å². The monoisotopic (exact) mass is 311 g/mol. The van der Waals surface area contributed by atoms with Crippen LogP contribution in [-0.2, 0) is 9.59 Å². The fourth-order valence-corrected chi connectivity index (χ4v) is 3.12. The summed E-state index contributed by atoms with van der Waals surface area (Å²) in [5.74, 6) is 0.664. The lowest BCUT2D eigenvalue weighted by Gasteiger charge is -2.35. The van der Waals surface area contributed by atoms with Gasteiger partial charge in [-0.3, -0.25) is 14.5 Å². The summed E-state index contributed by atoms with van der Waals surface area (Å²) >= 11 is 1.46. The van der Waals surface area contributed by atoms with Gasteiger partial charge in [0.1, 0.15) is 6.54 Å². The minimum atomic E-state index is -4.20. The van der Waals surface area contributed by atoms with Crippen LogP contribution >= 0.6 is 11.8 Å². The number of carbonyl (C=O) groups excluding carboxylic acids is 2. The van der Waals surface area contributed by atoms with Gasteiger partial charge in [-0.1, -0.05) is 0 Å². The van der Waals surface area contributed by atoms with Gasteiger partial charge in [0.05, 0.1) is 18.2 Å². The summed E-state index contributed by atoms with van der Waals surface area (Å²) in [5, 5.41) is 0. The van der Waals surface area contributed by atoms with Crippen LogP contribution in [0.4, 0.5) is 13.2 Å². The van der Waals surface area contributed by atoms with Gasteiger partial charge in [-0.05, 0) is 0 Å². The molecule has 20 heavy (non-hydrogen) atoms. The number of thioether (sulfide) groups is 1. The van der Waals surface area contributed by atoms with Crippen LogP contribution in [0.25, 0.3) is 0 Å². The molecule has 0 aliphatic carbocycles. The Morgan fingerprint density at radius 2 is 1.85 bits per heavy atom. The molecular weight excluding hydrogens is 295 g/mol. The number of alkyl halides is 3. The molecule has 0 radical (unpaired) electrons. The Morgan fingerprint density at radius 1 is 1.20 bits per heavy atom. The first-order valence-corrected chi connectivity index (χ1v) is 7.43. The average molecular weight is 311 g/mol. The predicted molar refractivity (Wildman–Crippen MR) is 68.1 cm³/mol. The number of hydrogen-bond acceptors (Lipinski definition) is 4. The number of hydrogen-bond donors (Lipinski definition) is 0. The van der Waals surface area contributed by atoms with Crippen LogP contribution in [0.15, 0.2) is 0 Å². The van der Waals surface area contributed by atoms with Crippen molar-refractivity contribution in [2.75, 3.05) is 50.9 Å². The molecule has 0 aromatic carbocycles. The lowest BCUT2D eigenvalue weighted by molar-refractivity contribution is -0.152. The second-order valence-corrected chi connectivity index (χ2v) is 5.80.